The summed E-state index contributed by atoms with van der Waals surface area (Å²) >= 11 is 5.37. The fourth-order valence-corrected chi connectivity index (χ4v) is 5.52. The van der Waals surface area contributed by atoms with Crippen molar-refractivity contribution in [2.24, 2.45) is 5.10 Å². The Labute approximate surface area is 165 Å². The van der Waals surface area contributed by atoms with Gasteiger partial charge in [0.25, 0.3) is 0 Å². The van der Waals surface area contributed by atoms with Gasteiger partial charge in [-0.15, -0.1) is 11.3 Å². The van der Waals surface area contributed by atoms with Gasteiger partial charge in [-0.2, -0.15) is 5.10 Å². The van der Waals surface area contributed by atoms with Crippen molar-refractivity contribution in [3.63, 3.8) is 0 Å². The Bertz CT molecular complexity index is 880. The van der Waals surface area contributed by atoms with Gasteiger partial charge < -0.3 is 9.47 Å². The maximum absolute atomic E-state index is 6.65. The molecule has 4 nitrogen and oxygen atoms in total. The molecule has 0 aliphatic carbocycles. The zero-order valence-corrected chi connectivity index (χ0v) is 17.3. The Kier molecular flexibility index (Phi) is 3.75. The molecule has 0 radical (unpaired) electrons. The number of nitrogens with zero attached hydrogens (tertiary/aromatic N) is 2. The van der Waals surface area contributed by atoms with E-state index in [0.717, 1.165) is 35.2 Å². The summed E-state index contributed by atoms with van der Waals surface area (Å²) in [5.74, 6) is 0.981. The maximum Gasteiger partial charge on any atom is 0.203 e. The summed E-state index contributed by atoms with van der Waals surface area (Å²) in [6.45, 7) is 4.97. The lowest BCUT2D eigenvalue weighted by Crippen LogP contribution is -2.60. The average Bonchev–Trinajstić information content (AvgIpc) is 3.24. The second-order valence-corrected chi connectivity index (χ2v) is 9.72. The van der Waals surface area contributed by atoms with E-state index in [9.17, 15) is 0 Å². The number of rotatable bonds is 1. The van der Waals surface area contributed by atoms with E-state index in [2.05, 4.69) is 70.5 Å². The van der Waals surface area contributed by atoms with Crippen molar-refractivity contribution in [1.82, 2.24) is 5.01 Å². The largest absolute Gasteiger partial charge is 0.466 e. The molecule has 0 N–H and O–H groups in total. The van der Waals surface area contributed by atoms with Gasteiger partial charge in [0.1, 0.15) is 5.75 Å². The van der Waals surface area contributed by atoms with Crippen LogP contribution in [-0.2, 0) is 4.74 Å². The summed E-state index contributed by atoms with van der Waals surface area (Å²) in [6, 6.07) is 10.8. The minimum Gasteiger partial charge on any atom is -0.466 e. The van der Waals surface area contributed by atoms with E-state index in [1.807, 2.05) is 0 Å². The number of hydrazone groups is 1. The van der Waals surface area contributed by atoms with E-state index in [4.69, 9.17) is 14.6 Å². The predicted molar refractivity (Wildman–Crippen MR) is 107 cm³/mol. The summed E-state index contributed by atoms with van der Waals surface area (Å²) in [7, 11) is 0. The van der Waals surface area contributed by atoms with Crippen LogP contribution >= 0.6 is 27.3 Å². The second-order valence-electron chi connectivity index (χ2n) is 7.85. The van der Waals surface area contributed by atoms with Gasteiger partial charge in [0, 0.05) is 29.3 Å². The van der Waals surface area contributed by atoms with Gasteiger partial charge in [-0.1, -0.05) is 22.0 Å². The van der Waals surface area contributed by atoms with E-state index in [0.29, 0.717) is 6.61 Å². The highest BCUT2D eigenvalue weighted by atomic mass is 79.9. The molecule has 3 aliphatic heterocycles. The summed E-state index contributed by atoms with van der Waals surface area (Å²) < 4.78 is 13.7. The molecule has 6 heteroatoms. The van der Waals surface area contributed by atoms with Gasteiger partial charge >= 0.3 is 0 Å². The standard InChI is InChI=1S/C20H21BrN2O2S/c1-19(2)12-20(7-8-24-19)23-16(11-15(22-23)18-4-3-9-26-18)14-10-13(21)5-6-17(14)25-20/h3-6,9-10,16H,7-8,11-12H2,1-2H3. The van der Waals surface area contributed by atoms with Crippen molar-refractivity contribution in [3.05, 3.63) is 50.6 Å². The summed E-state index contributed by atoms with van der Waals surface area (Å²) in [4.78, 5) is 1.25. The molecule has 3 aliphatic rings. The zero-order valence-electron chi connectivity index (χ0n) is 14.9. The first-order chi connectivity index (χ1) is 12.5. The van der Waals surface area contributed by atoms with E-state index in [1.54, 1.807) is 11.3 Å². The summed E-state index contributed by atoms with van der Waals surface area (Å²) in [6.07, 6.45) is 2.53. The van der Waals surface area contributed by atoms with Crippen LogP contribution in [0.3, 0.4) is 0 Å². The van der Waals surface area contributed by atoms with E-state index >= 15 is 0 Å². The smallest absolute Gasteiger partial charge is 0.203 e. The van der Waals surface area contributed by atoms with Crippen molar-refractivity contribution in [3.8, 4) is 5.75 Å². The lowest BCUT2D eigenvalue weighted by atomic mass is 9.86. The van der Waals surface area contributed by atoms with E-state index in [1.165, 1.54) is 10.4 Å². The molecule has 4 heterocycles. The molecule has 1 fully saturated rings. The molecular formula is C20H21BrN2O2S. The minimum absolute atomic E-state index is 0.210. The van der Waals surface area contributed by atoms with Crippen molar-refractivity contribution < 1.29 is 9.47 Å². The molecule has 0 bridgehead atoms. The normalized spacial score (nSPS) is 29.1. The first kappa shape index (κ1) is 16.8. The zero-order chi connectivity index (χ0) is 17.9. The number of benzene rings is 1. The molecule has 2 aromatic rings. The molecule has 5 rings (SSSR count). The lowest BCUT2D eigenvalue weighted by molar-refractivity contribution is -0.212. The average molecular weight is 433 g/mol. The predicted octanol–water partition coefficient (Wildman–Crippen LogP) is 5.34. The molecule has 0 amide bonds. The van der Waals surface area contributed by atoms with Crippen LogP contribution in [0.4, 0.5) is 0 Å². The highest BCUT2D eigenvalue weighted by Crippen LogP contribution is 2.52. The van der Waals surface area contributed by atoms with Crippen LogP contribution in [0.2, 0.25) is 0 Å². The number of hydrogen-bond donors (Lipinski definition) is 0. The van der Waals surface area contributed by atoms with Gasteiger partial charge in [-0.05, 0) is 43.5 Å². The van der Waals surface area contributed by atoms with Gasteiger partial charge in [-0.25, -0.2) is 5.01 Å². The molecule has 0 saturated carbocycles. The third kappa shape index (κ3) is 2.62. The Morgan fingerprint density at radius 1 is 1.31 bits per heavy atom. The van der Waals surface area contributed by atoms with E-state index in [-0.39, 0.29) is 11.6 Å². The first-order valence-corrected chi connectivity index (χ1v) is 10.7. The highest BCUT2D eigenvalue weighted by molar-refractivity contribution is 9.10. The Morgan fingerprint density at radius 2 is 2.19 bits per heavy atom. The Balaban J connectivity index is 1.63. The number of thiophene rings is 1. The van der Waals surface area contributed by atoms with Gasteiger partial charge in [-0.3, -0.25) is 0 Å². The van der Waals surface area contributed by atoms with Crippen LogP contribution in [-0.4, -0.2) is 28.7 Å². The van der Waals surface area contributed by atoms with Crippen molar-refractivity contribution >= 4 is 33.0 Å². The third-order valence-corrected chi connectivity index (χ3v) is 6.86. The molecule has 136 valence electrons. The highest BCUT2D eigenvalue weighted by Gasteiger charge is 2.54. The molecule has 1 aromatic heterocycles. The van der Waals surface area contributed by atoms with Gasteiger partial charge in [0.2, 0.25) is 5.72 Å². The summed E-state index contributed by atoms with van der Waals surface area (Å²) in [5.41, 5.74) is 1.71. The quantitative estimate of drug-likeness (QED) is 0.609. The fourth-order valence-electron chi connectivity index (χ4n) is 4.42. The van der Waals surface area contributed by atoms with Crippen LogP contribution in [0, 0.1) is 0 Å². The Morgan fingerprint density at radius 3 is 2.96 bits per heavy atom. The van der Waals surface area contributed by atoms with Gasteiger partial charge in [0.05, 0.1) is 28.8 Å². The molecule has 1 aromatic carbocycles. The van der Waals surface area contributed by atoms with Crippen molar-refractivity contribution in [2.45, 2.75) is 50.5 Å². The van der Waals surface area contributed by atoms with Gasteiger partial charge in [0.15, 0.2) is 0 Å². The topological polar surface area (TPSA) is 34.1 Å². The molecule has 2 atom stereocenters. The lowest BCUT2D eigenvalue weighted by Gasteiger charge is -2.52. The number of ether oxygens (including phenoxy) is 2. The first-order valence-electron chi connectivity index (χ1n) is 8.99. The summed E-state index contributed by atoms with van der Waals surface area (Å²) in [5, 5.41) is 9.44. The fraction of sp³-hybridized carbons (Fsp3) is 0.450. The molecule has 1 spiro atoms. The van der Waals surface area contributed by atoms with Crippen LogP contribution in [0.1, 0.15) is 49.6 Å². The SMILES string of the molecule is CC1(C)CC2(CCO1)Oc1ccc(Br)cc1C1CC(c3cccs3)=NN12. The third-order valence-electron chi connectivity index (χ3n) is 5.45. The number of hydrogen-bond acceptors (Lipinski definition) is 5. The van der Waals surface area contributed by atoms with Crippen LogP contribution in [0.25, 0.3) is 0 Å². The maximum atomic E-state index is 6.65. The van der Waals surface area contributed by atoms with Crippen LogP contribution in [0.5, 0.6) is 5.75 Å². The minimum atomic E-state index is -0.438. The monoisotopic (exact) mass is 432 g/mol. The molecular weight excluding hydrogens is 412 g/mol. The van der Waals surface area contributed by atoms with E-state index < -0.39 is 5.72 Å². The molecule has 26 heavy (non-hydrogen) atoms. The van der Waals surface area contributed by atoms with Crippen LogP contribution in [0.15, 0.2) is 45.3 Å². The molecule has 1 saturated heterocycles. The Hall–Kier alpha value is -1.37. The van der Waals surface area contributed by atoms with Crippen molar-refractivity contribution in [1.29, 1.82) is 0 Å². The number of halogens is 1. The number of fused-ring (bicyclic) bond motifs is 4. The van der Waals surface area contributed by atoms with Crippen LogP contribution < -0.4 is 4.74 Å². The second kappa shape index (κ2) is 5.81. The molecule has 2 unspecified atom stereocenters. The van der Waals surface area contributed by atoms with Crippen molar-refractivity contribution in [2.75, 3.05) is 6.61 Å².